The molecule has 0 atom stereocenters. The van der Waals surface area contributed by atoms with Gasteiger partial charge in [-0.3, -0.25) is 4.55 Å². The second-order valence-corrected chi connectivity index (χ2v) is 6.98. The first kappa shape index (κ1) is 15.9. The van der Waals surface area contributed by atoms with Gasteiger partial charge in [0.25, 0.3) is 10.1 Å². The Morgan fingerprint density at radius 2 is 2.05 bits per heavy atom. The van der Waals surface area contributed by atoms with Gasteiger partial charge in [-0.1, -0.05) is 30.9 Å². The van der Waals surface area contributed by atoms with Crippen LogP contribution in [-0.2, 0) is 16.7 Å². The molecule has 0 aromatic heterocycles. The molecule has 1 N–H and O–H groups in total. The van der Waals surface area contributed by atoms with Crippen LogP contribution in [0.25, 0.3) is 6.08 Å². The van der Waals surface area contributed by atoms with E-state index in [1.54, 1.807) is 0 Å². The summed E-state index contributed by atoms with van der Waals surface area (Å²) in [4.78, 5) is 0. The summed E-state index contributed by atoms with van der Waals surface area (Å²) in [5.74, 6) is -0.179. The van der Waals surface area contributed by atoms with Crippen molar-refractivity contribution >= 4 is 16.2 Å². The fraction of sp³-hybridized carbons (Fsp3) is 0.429. The second-order valence-electron chi connectivity index (χ2n) is 5.41. The number of benzene rings is 1. The SMILES string of the molecule is C=Cc1cccc(C[N+](C)(C)CCCS(=O)(=O)O)c1. The van der Waals surface area contributed by atoms with Gasteiger partial charge in [0, 0.05) is 12.0 Å². The lowest BCUT2D eigenvalue weighted by Gasteiger charge is -2.29. The van der Waals surface area contributed by atoms with Crippen LogP contribution < -0.4 is 0 Å². The standard InChI is InChI=1S/C14H21NO3S/c1-4-13-7-5-8-14(11-13)12-15(2,3)9-6-10-19(16,17)18/h4-5,7-8,11H,1,6,9-10,12H2,2-3H3/p+1. The molecule has 0 amide bonds. The Morgan fingerprint density at radius 1 is 1.37 bits per heavy atom. The van der Waals surface area contributed by atoms with Crippen LogP contribution in [0.5, 0.6) is 0 Å². The third-order valence-corrected chi connectivity index (χ3v) is 3.77. The van der Waals surface area contributed by atoms with Crippen molar-refractivity contribution in [1.82, 2.24) is 0 Å². The van der Waals surface area contributed by atoms with E-state index in [1.807, 2.05) is 32.3 Å². The highest BCUT2D eigenvalue weighted by molar-refractivity contribution is 7.85. The minimum atomic E-state index is -3.85. The largest absolute Gasteiger partial charge is 0.325 e. The maximum atomic E-state index is 10.7. The van der Waals surface area contributed by atoms with Gasteiger partial charge in [0.1, 0.15) is 6.54 Å². The average molecular weight is 284 g/mol. The van der Waals surface area contributed by atoms with Gasteiger partial charge in [0.2, 0.25) is 0 Å². The van der Waals surface area contributed by atoms with E-state index in [9.17, 15) is 8.42 Å². The molecule has 0 spiro atoms. The minimum absolute atomic E-state index is 0.179. The smallest absolute Gasteiger partial charge is 0.265 e. The van der Waals surface area contributed by atoms with Gasteiger partial charge in [-0.05, 0) is 11.6 Å². The molecular formula is C14H22NO3S+. The average Bonchev–Trinajstić information content (AvgIpc) is 2.26. The fourth-order valence-electron chi connectivity index (χ4n) is 2.07. The van der Waals surface area contributed by atoms with Gasteiger partial charge in [0.15, 0.2) is 0 Å². The molecule has 1 aromatic carbocycles. The van der Waals surface area contributed by atoms with Crippen molar-refractivity contribution < 1.29 is 17.5 Å². The van der Waals surface area contributed by atoms with Gasteiger partial charge in [0.05, 0.1) is 26.4 Å². The van der Waals surface area contributed by atoms with E-state index in [2.05, 4.69) is 18.7 Å². The third-order valence-electron chi connectivity index (χ3n) is 2.96. The van der Waals surface area contributed by atoms with Crippen LogP contribution in [0.15, 0.2) is 30.8 Å². The molecule has 1 aromatic rings. The van der Waals surface area contributed by atoms with Crippen molar-refractivity contribution in [3.8, 4) is 0 Å². The Labute approximate surface area is 115 Å². The molecular weight excluding hydrogens is 262 g/mol. The predicted molar refractivity (Wildman–Crippen MR) is 78.2 cm³/mol. The maximum Gasteiger partial charge on any atom is 0.265 e. The van der Waals surface area contributed by atoms with Crippen molar-refractivity contribution in [1.29, 1.82) is 0 Å². The van der Waals surface area contributed by atoms with Gasteiger partial charge in [-0.15, -0.1) is 0 Å². The monoisotopic (exact) mass is 284 g/mol. The number of nitrogens with zero attached hydrogens (tertiary/aromatic N) is 1. The molecule has 106 valence electrons. The molecule has 5 heteroatoms. The minimum Gasteiger partial charge on any atom is -0.325 e. The summed E-state index contributed by atoms with van der Waals surface area (Å²) in [5, 5.41) is 0. The molecule has 4 nitrogen and oxygen atoms in total. The lowest BCUT2D eigenvalue weighted by molar-refractivity contribution is -0.903. The lowest BCUT2D eigenvalue weighted by atomic mass is 10.1. The summed E-state index contributed by atoms with van der Waals surface area (Å²) < 4.78 is 30.8. The quantitative estimate of drug-likeness (QED) is 0.617. The van der Waals surface area contributed by atoms with E-state index in [1.165, 1.54) is 5.56 Å². The van der Waals surface area contributed by atoms with E-state index >= 15 is 0 Å². The molecule has 1 rings (SSSR count). The van der Waals surface area contributed by atoms with E-state index in [4.69, 9.17) is 4.55 Å². The van der Waals surface area contributed by atoms with Gasteiger partial charge in [-0.2, -0.15) is 8.42 Å². The zero-order valence-corrected chi connectivity index (χ0v) is 12.4. The van der Waals surface area contributed by atoms with E-state index in [-0.39, 0.29) is 5.75 Å². The topological polar surface area (TPSA) is 54.4 Å². The van der Waals surface area contributed by atoms with E-state index in [0.717, 1.165) is 12.1 Å². The highest BCUT2D eigenvalue weighted by Gasteiger charge is 2.17. The molecule has 0 aliphatic heterocycles. The molecule has 0 aliphatic rings. The van der Waals surface area contributed by atoms with Crippen LogP contribution >= 0.6 is 0 Å². The summed E-state index contributed by atoms with van der Waals surface area (Å²) in [6.07, 6.45) is 2.26. The molecule has 0 saturated heterocycles. The normalized spacial score (nSPS) is 12.4. The Morgan fingerprint density at radius 3 is 2.63 bits per heavy atom. The first-order valence-electron chi connectivity index (χ1n) is 6.20. The van der Waals surface area contributed by atoms with Crippen molar-refractivity contribution in [2.45, 2.75) is 13.0 Å². The molecule has 0 unspecified atom stereocenters. The summed E-state index contributed by atoms with van der Waals surface area (Å²) >= 11 is 0. The Kier molecular flexibility index (Phi) is 5.29. The molecule has 0 heterocycles. The van der Waals surface area contributed by atoms with Gasteiger partial charge >= 0.3 is 0 Å². The molecule has 0 bridgehead atoms. The maximum absolute atomic E-state index is 10.7. The summed E-state index contributed by atoms with van der Waals surface area (Å²) in [7, 11) is 0.239. The van der Waals surface area contributed by atoms with Gasteiger partial charge in [-0.25, -0.2) is 0 Å². The second kappa shape index (κ2) is 6.32. The zero-order chi connectivity index (χ0) is 14.5. The number of hydrogen-bond acceptors (Lipinski definition) is 2. The van der Waals surface area contributed by atoms with Crippen molar-refractivity contribution in [3.05, 3.63) is 42.0 Å². The van der Waals surface area contributed by atoms with E-state index in [0.29, 0.717) is 17.4 Å². The lowest BCUT2D eigenvalue weighted by Crippen LogP contribution is -2.40. The van der Waals surface area contributed by atoms with Crippen LogP contribution in [0.2, 0.25) is 0 Å². The number of hydrogen-bond donors (Lipinski definition) is 1. The van der Waals surface area contributed by atoms with Crippen LogP contribution in [0.4, 0.5) is 0 Å². The molecule has 0 radical (unpaired) electrons. The predicted octanol–water partition coefficient (Wildman–Crippen LogP) is 2.18. The summed E-state index contributed by atoms with van der Waals surface area (Å²) in [5.41, 5.74) is 2.27. The number of quaternary nitrogens is 1. The van der Waals surface area contributed by atoms with Crippen LogP contribution in [0.3, 0.4) is 0 Å². The Hall–Kier alpha value is -1.17. The highest BCUT2D eigenvalue weighted by atomic mass is 32.2. The zero-order valence-electron chi connectivity index (χ0n) is 11.5. The Balaban J connectivity index is 2.60. The van der Waals surface area contributed by atoms with Crippen molar-refractivity contribution in [3.63, 3.8) is 0 Å². The Bertz CT molecular complexity index is 535. The first-order chi connectivity index (χ1) is 8.72. The first-order valence-corrected chi connectivity index (χ1v) is 7.81. The van der Waals surface area contributed by atoms with Crippen LogP contribution in [0, 0.1) is 0 Å². The highest BCUT2D eigenvalue weighted by Crippen LogP contribution is 2.13. The van der Waals surface area contributed by atoms with Crippen molar-refractivity contribution in [2.75, 3.05) is 26.4 Å². The summed E-state index contributed by atoms with van der Waals surface area (Å²) in [6.45, 7) is 5.25. The van der Waals surface area contributed by atoms with E-state index < -0.39 is 10.1 Å². The molecule has 0 saturated carbocycles. The summed E-state index contributed by atoms with van der Waals surface area (Å²) in [6, 6.07) is 8.12. The number of rotatable bonds is 7. The van der Waals surface area contributed by atoms with Crippen LogP contribution in [-0.4, -0.2) is 43.8 Å². The molecule has 0 fully saturated rings. The van der Waals surface area contributed by atoms with Crippen LogP contribution in [0.1, 0.15) is 17.5 Å². The molecule has 19 heavy (non-hydrogen) atoms. The molecule has 0 aliphatic carbocycles. The fourth-order valence-corrected chi connectivity index (χ4v) is 2.56. The van der Waals surface area contributed by atoms with Crippen molar-refractivity contribution in [2.24, 2.45) is 0 Å². The van der Waals surface area contributed by atoms with Gasteiger partial charge < -0.3 is 4.48 Å². The third kappa shape index (κ3) is 6.52.